The van der Waals surface area contributed by atoms with Gasteiger partial charge < -0.3 is 10.6 Å². The van der Waals surface area contributed by atoms with E-state index in [4.69, 9.17) is 11.6 Å². The molecule has 2 heterocycles. The topological polar surface area (TPSA) is 44.4 Å². The summed E-state index contributed by atoms with van der Waals surface area (Å²) in [6.07, 6.45) is 4.69. The molecule has 1 aromatic carbocycles. The van der Waals surface area contributed by atoms with Crippen molar-refractivity contribution in [2.45, 2.75) is 43.8 Å². The Kier molecular flexibility index (Phi) is 6.26. The summed E-state index contributed by atoms with van der Waals surface area (Å²) < 4.78 is 13.1. The first-order valence-corrected chi connectivity index (χ1v) is 8.10. The van der Waals surface area contributed by atoms with Crippen molar-refractivity contribution in [3.63, 3.8) is 0 Å². The minimum Gasteiger partial charge on any atom is -0.325 e. The monoisotopic (exact) mass is 361 g/mol. The summed E-state index contributed by atoms with van der Waals surface area (Å²) in [6.45, 7) is 0.332. The van der Waals surface area contributed by atoms with Crippen LogP contribution in [-0.2, 0) is 4.79 Å². The SMILES string of the molecule is CN(CC(=O)Nc1ccc(F)c(Cl)c1)C1CC2CCC(C1)N2.Cl. The quantitative estimate of drug-likeness (QED) is 0.865. The molecule has 0 aromatic heterocycles. The number of likely N-dealkylation sites (N-methyl/N-ethyl adjacent to an activating group) is 1. The summed E-state index contributed by atoms with van der Waals surface area (Å²) in [5.41, 5.74) is 0.523. The molecule has 2 saturated heterocycles. The number of fused-ring (bicyclic) bond motifs is 2. The molecule has 0 spiro atoms. The van der Waals surface area contributed by atoms with Gasteiger partial charge in [-0.1, -0.05) is 11.6 Å². The molecule has 3 rings (SSSR count). The van der Waals surface area contributed by atoms with E-state index < -0.39 is 5.82 Å². The summed E-state index contributed by atoms with van der Waals surface area (Å²) in [5, 5.41) is 6.39. The second-order valence-electron chi connectivity index (χ2n) is 6.36. The maximum atomic E-state index is 13.1. The standard InChI is InChI=1S/C16H21ClFN3O.ClH/c1-21(13-6-10-2-3-11(7-13)19-10)9-16(22)20-12-4-5-15(18)14(17)8-12;/h4-5,8,10-11,13,19H,2-3,6-7,9H2,1H3,(H,20,22);1H. The highest BCUT2D eigenvalue weighted by atomic mass is 35.5. The van der Waals surface area contributed by atoms with Crippen LogP contribution in [0.1, 0.15) is 25.7 Å². The van der Waals surface area contributed by atoms with Gasteiger partial charge in [-0.2, -0.15) is 0 Å². The Bertz CT molecular complexity index is 560. The fourth-order valence-corrected chi connectivity index (χ4v) is 3.70. The van der Waals surface area contributed by atoms with Crippen LogP contribution in [0.15, 0.2) is 18.2 Å². The number of nitrogens with zero attached hydrogens (tertiary/aromatic N) is 1. The Balaban J connectivity index is 0.00000192. The molecule has 7 heteroatoms. The number of carbonyl (C=O) groups is 1. The Morgan fingerprint density at radius 3 is 2.65 bits per heavy atom. The lowest BCUT2D eigenvalue weighted by atomic mass is 9.98. The summed E-state index contributed by atoms with van der Waals surface area (Å²) >= 11 is 5.72. The molecule has 1 amide bonds. The van der Waals surface area contributed by atoms with Crippen molar-refractivity contribution in [3.05, 3.63) is 29.0 Å². The third kappa shape index (κ3) is 4.57. The molecule has 23 heavy (non-hydrogen) atoms. The molecule has 128 valence electrons. The van der Waals surface area contributed by atoms with E-state index in [0.29, 0.717) is 30.4 Å². The Labute approximate surface area is 147 Å². The van der Waals surface area contributed by atoms with E-state index in [-0.39, 0.29) is 23.3 Å². The van der Waals surface area contributed by atoms with Gasteiger partial charge in [0, 0.05) is 23.8 Å². The first-order valence-electron chi connectivity index (χ1n) is 7.72. The molecule has 2 fully saturated rings. The van der Waals surface area contributed by atoms with E-state index in [9.17, 15) is 9.18 Å². The summed E-state index contributed by atoms with van der Waals surface area (Å²) in [5.74, 6) is -0.585. The number of hydrogen-bond donors (Lipinski definition) is 2. The number of amides is 1. The third-order valence-electron chi connectivity index (χ3n) is 4.67. The molecule has 2 atom stereocenters. The normalized spacial score (nSPS) is 26.0. The van der Waals surface area contributed by atoms with Crippen molar-refractivity contribution in [1.29, 1.82) is 0 Å². The largest absolute Gasteiger partial charge is 0.325 e. The lowest BCUT2D eigenvalue weighted by Gasteiger charge is -2.35. The molecule has 2 bridgehead atoms. The van der Waals surface area contributed by atoms with Crippen molar-refractivity contribution in [2.24, 2.45) is 0 Å². The number of rotatable bonds is 4. The van der Waals surface area contributed by atoms with Gasteiger partial charge in [-0.15, -0.1) is 12.4 Å². The van der Waals surface area contributed by atoms with E-state index in [1.54, 1.807) is 0 Å². The molecular weight excluding hydrogens is 340 g/mol. The van der Waals surface area contributed by atoms with Crippen LogP contribution < -0.4 is 10.6 Å². The Morgan fingerprint density at radius 2 is 2.04 bits per heavy atom. The van der Waals surface area contributed by atoms with Crippen LogP contribution in [0.5, 0.6) is 0 Å². The maximum Gasteiger partial charge on any atom is 0.238 e. The highest BCUT2D eigenvalue weighted by molar-refractivity contribution is 6.31. The first-order chi connectivity index (χ1) is 10.5. The molecule has 2 N–H and O–H groups in total. The van der Waals surface area contributed by atoms with Gasteiger partial charge in [-0.05, 0) is 50.9 Å². The zero-order valence-corrected chi connectivity index (χ0v) is 14.6. The number of halogens is 3. The lowest BCUT2D eigenvalue weighted by Crippen LogP contribution is -2.48. The zero-order chi connectivity index (χ0) is 15.7. The highest BCUT2D eigenvalue weighted by Gasteiger charge is 2.35. The second kappa shape index (κ2) is 7.79. The third-order valence-corrected chi connectivity index (χ3v) is 4.96. The van der Waals surface area contributed by atoms with Gasteiger partial charge in [-0.3, -0.25) is 9.69 Å². The van der Waals surface area contributed by atoms with Crippen molar-refractivity contribution in [2.75, 3.05) is 18.9 Å². The van der Waals surface area contributed by atoms with Crippen LogP contribution >= 0.6 is 24.0 Å². The first kappa shape index (κ1) is 18.5. The van der Waals surface area contributed by atoms with Crippen molar-refractivity contribution >= 4 is 35.6 Å². The molecule has 2 aliphatic rings. The molecular formula is C16H22Cl2FN3O. The Morgan fingerprint density at radius 1 is 1.39 bits per heavy atom. The fraction of sp³-hybridized carbons (Fsp3) is 0.562. The Hall–Kier alpha value is -0.880. The summed E-state index contributed by atoms with van der Waals surface area (Å²) in [7, 11) is 1.99. The van der Waals surface area contributed by atoms with Gasteiger partial charge in [0.15, 0.2) is 0 Å². The van der Waals surface area contributed by atoms with E-state index in [1.165, 1.54) is 31.0 Å². The van der Waals surface area contributed by atoms with Crippen LogP contribution in [-0.4, -0.2) is 42.5 Å². The maximum absolute atomic E-state index is 13.1. The summed E-state index contributed by atoms with van der Waals surface area (Å²) in [4.78, 5) is 14.3. The summed E-state index contributed by atoms with van der Waals surface area (Å²) in [6, 6.07) is 5.85. The highest BCUT2D eigenvalue weighted by Crippen LogP contribution is 2.29. The molecule has 2 unspecified atom stereocenters. The number of anilines is 1. The molecule has 0 saturated carbocycles. The molecule has 0 aliphatic carbocycles. The van der Waals surface area contributed by atoms with Crippen LogP contribution in [0, 0.1) is 5.82 Å². The van der Waals surface area contributed by atoms with Crippen molar-refractivity contribution in [1.82, 2.24) is 10.2 Å². The lowest BCUT2D eigenvalue weighted by molar-refractivity contribution is -0.117. The average molecular weight is 362 g/mol. The fourth-order valence-electron chi connectivity index (χ4n) is 3.52. The minimum atomic E-state index is -0.484. The van der Waals surface area contributed by atoms with Crippen LogP contribution in [0.3, 0.4) is 0 Å². The number of benzene rings is 1. The van der Waals surface area contributed by atoms with Crippen LogP contribution in [0.2, 0.25) is 5.02 Å². The van der Waals surface area contributed by atoms with Crippen molar-refractivity contribution < 1.29 is 9.18 Å². The van der Waals surface area contributed by atoms with Gasteiger partial charge in [0.25, 0.3) is 0 Å². The number of nitrogens with one attached hydrogen (secondary N) is 2. The predicted octanol–water partition coefficient (Wildman–Crippen LogP) is 3.05. The smallest absolute Gasteiger partial charge is 0.238 e. The van der Waals surface area contributed by atoms with Crippen LogP contribution in [0.4, 0.5) is 10.1 Å². The number of hydrogen-bond acceptors (Lipinski definition) is 3. The van der Waals surface area contributed by atoms with Gasteiger partial charge in [0.2, 0.25) is 5.91 Å². The van der Waals surface area contributed by atoms with Gasteiger partial charge >= 0.3 is 0 Å². The molecule has 4 nitrogen and oxygen atoms in total. The van der Waals surface area contributed by atoms with Gasteiger partial charge in [0.05, 0.1) is 11.6 Å². The van der Waals surface area contributed by atoms with E-state index in [0.717, 1.165) is 12.8 Å². The second-order valence-corrected chi connectivity index (χ2v) is 6.76. The molecule has 2 aliphatic heterocycles. The van der Waals surface area contributed by atoms with E-state index in [2.05, 4.69) is 15.5 Å². The van der Waals surface area contributed by atoms with Gasteiger partial charge in [-0.25, -0.2) is 4.39 Å². The van der Waals surface area contributed by atoms with Crippen LogP contribution in [0.25, 0.3) is 0 Å². The van der Waals surface area contributed by atoms with Gasteiger partial charge in [0.1, 0.15) is 5.82 Å². The minimum absolute atomic E-state index is 0. The average Bonchev–Trinajstić information content (AvgIpc) is 2.81. The zero-order valence-electron chi connectivity index (χ0n) is 13.0. The van der Waals surface area contributed by atoms with Crippen molar-refractivity contribution in [3.8, 4) is 0 Å². The van der Waals surface area contributed by atoms with E-state index >= 15 is 0 Å². The predicted molar refractivity (Wildman–Crippen MR) is 92.9 cm³/mol. The van der Waals surface area contributed by atoms with E-state index in [1.807, 2.05) is 7.05 Å². The number of carbonyl (C=O) groups excluding carboxylic acids is 1. The molecule has 1 aromatic rings. The molecule has 0 radical (unpaired) electrons. The number of piperidine rings is 1.